The van der Waals surface area contributed by atoms with E-state index in [1.807, 2.05) is 0 Å². The summed E-state index contributed by atoms with van der Waals surface area (Å²) in [6.45, 7) is 2.34. The fourth-order valence-corrected chi connectivity index (χ4v) is 2.75. The van der Waals surface area contributed by atoms with Crippen molar-refractivity contribution in [1.29, 1.82) is 0 Å². The minimum Gasteiger partial charge on any atom is -0.389 e. The van der Waals surface area contributed by atoms with Crippen LogP contribution in [0.4, 0.5) is 0 Å². The molecule has 15 heavy (non-hydrogen) atoms. The maximum absolute atomic E-state index is 11.6. The lowest BCUT2D eigenvalue weighted by Crippen LogP contribution is -2.33. The standard InChI is InChI=1S/C8H17NO5S/c1-2-14-3-4-15(12,13)9-5-7(10)8(11)6-9/h7-8,10-11H,2-6H2,1H3/t7-,8+. The van der Waals surface area contributed by atoms with E-state index in [2.05, 4.69) is 0 Å². The van der Waals surface area contributed by atoms with Crippen molar-refractivity contribution < 1.29 is 23.4 Å². The summed E-state index contributed by atoms with van der Waals surface area (Å²) in [5.41, 5.74) is 0. The first-order valence-corrected chi connectivity index (χ1v) is 6.50. The Labute approximate surface area is 89.5 Å². The number of nitrogens with zero attached hydrogens (tertiary/aromatic N) is 1. The third kappa shape index (κ3) is 3.39. The smallest absolute Gasteiger partial charge is 0.216 e. The first kappa shape index (κ1) is 12.9. The highest BCUT2D eigenvalue weighted by molar-refractivity contribution is 7.89. The first-order valence-electron chi connectivity index (χ1n) is 4.89. The number of hydrogen-bond donors (Lipinski definition) is 2. The second kappa shape index (κ2) is 5.22. The van der Waals surface area contributed by atoms with Gasteiger partial charge in [-0.3, -0.25) is 0 Å². The van der Waals surface area contributed by atoms with Crippen LogP contribution in [0.2, 0.25) is 0 Å². The molecule has 0 spiro atoms. The third-order valence-electron chi connectivity index (χ3n) is 2.31. The molecule has 1 heterocycles. The van der Waals surface area contributed by atoms with Crippen molar-refractivity contribution in [3.63, 3.8) is 0 Å². The molecule has 1 fully saturated rings. The van der Waals surface area contributed by atoms with Crippen LogP contribution in [0, 0.1) is 0 Å². The molecular weight excluding hydrogens is 222 g/mol. The SMILES string of the molecule is CCOCCS(=O)(=O)N1C[C@@H](O)[C@@H](O)C1. The van der Waals surface area contributed by atoms with E-state index in [4.69, 9.17) is 4.74 Å². The number of β-amino-alcohol motifs (C(OH)–C–C–N with tert-alkyl or cyclic N) is 2. The van der Waals surface area contributed by atoms with E-state index in [1.54, 1.807) is 6.92 Å². The van der Waals surface area contributed by atoms with Crippen molar-refractivity contribution in [2.24, 2.45) is 0 Å². The molecule has 0 aromatic rings. The van der Waals surface area contributed by atoms with Crippen LogP contribution in [-0.2, 0) is 14.8 Å². The molecule has 0 saturated carbocycles. The van der Waals surface area contributed by atoms with E-state index < -0.39 is 22.2 Å². The average Bonchev–Trinajstić information content (AvgIpc) is 2.48. The molecule has 0 aliphatic carbocycles. The van der Waals surface area contributed by atoms with Gasteiger partial charge in [0.1, 0.15) is 0 Å². The first-order chi connectivity index (χ1) is 6.97. The zero-order chi connectivity index (χ0) is 11.5. The Morgan fingerprint density at radius 2 is 1.87 bits per heavy atom. The van der Waals surface area contributed by atoms with Gasteiger partial charge in [-0.05, 0) is 6.92 Å². The van der Waals surface area contributed by atoms with Gasteiger partial charge in [0.15, 0.2) is 0 Å². The number of aliphatic hydroxyl groups is 2. The van der Waals surface area contributed by atoms with Crippen molar-refractivity contribution in [2.45, 2.75) is 19.1 Å². The fraction of sp³-hybridized carbons (Fsp3) is 1.00. The van der Waals surface area contributed by atoms with E-state index in [-0.39, 0.29) is 25.4 Å². The van der Waals surface area contributed by atoms with E-state index >= 15 is 0 Å². The van der Waals surface area contributed by atoms with Gasteiger partial charge < -0.3 is 14.9 Å². The largest absolute Gasteiger partial charge is 0.389 e. The van der Waals surface area contributed by atoms with Gasteiger partial charge in [-0.25, -0.2) is 8.42 Å². The van der Waals surface area contributed by atoms with Gasteiger partial charge in [0.25, 0.3) is 0 Å². The van der Waals surface area contributed by atoms with Gasteiger partial charge in [0.05, 0.1) is 24.6 Å². The molecule has 0 radical (unpaired) electrons. The minimum atomic E-state index is -3.41. The number of rotatable bonds is 5. The predicted octanol–water partition coefficient (Wildman–Crippen LogP) is -1.61. The quantitative estimate of drug-likeness (QED) is 0.564. The molecule has 0 amide bonds. The van der Waals surface area contributed by atoms with Crippen LogP contribution in [-0.4, -0.2) is 67.2 Å². The summed E-state index contributed by atoms with van der Waals surface area (Å²) in [5, 5.41) is 18.4. The Morgan fingerprint density at radius 3 is 2.33 bits per heavy atom. The monoisotopic (exact) mass is 239 g/mol. The Balaban J connectivity index is 2.48. The second-order valence-electron chi connectivity index (χ2n) is 3.46. The molecule has 0 aromatic carbocycles. The Hall–Kier alpha value is -0.210. The van der Waals surface area contributed by atoms with Gasteiger partial charge in [-0.1, -0.05) is 0 Å². The molecule has 2 N–H and O–H groups in total. The highest BCUT2D eigenvalue weighted by atomic mass is 32.2. The molecule has 0 aromatic heterocycles. The predicted molar refractivity (Wildman–Crippen MR) is 53.9 cm³/mol. The molecule has 7 heteroatoms. The zero-order valence-corrected chi connectivity index (χ0v) is 9.48. The summed E-state index contributed by atoms with van der Waals surface area (Å²) in [5.74, 6) is -0.111. The summed E-state index contributed by atoms with van der Waals surface area (Å²) in [4.78, 5) is 0. The van der Waals surface area contributed by atoms with Crippen LogP contribution in [0.5, 0.6) is 0 Å². The van der Waals surface area contributed by atoms with Gasteiger partial charge >= 0.3 is 0 Å². The number of sulfonamides is 1. The summed E-state index contributed by atoms with van der Waals surface area (Å²) in [6.07, 6.45) is -1.96. The van der Waals surface area contributed by atoms with Crippen LogP contribution in [0.3, 0.4) is 0 Å². The third-order valence-corrected chi connectivity index (χ3v) is 4.08. The van der Waals surface area contributed by atoms with Gasteiger partial charge in [0.2, 0.25) is 10.0 Å². The molecule has 1 aliphatic rings. The average molecular weight is 239 g/mol. The number of ether oxygens (including phenoxy) is 1. The highest BCUT2D eigenvalue weighted by Gasteiger charge is 2.36. The number of aliphatic hydroxyl groups excluding tert-OH is 2. The summed E-state index contributed by atoms with van der Waals surface area (Å²) in [6, 6.07) is 0. The molecule has 2 atom stereocenters. The van der Waals surface area contributed by atoms with Crippen molar-refractivity contribution >= 4 is 10.0 Å². The summed E-state index contributed by atoms with van der Waals surface area (Å²) < 4.78 is 29.3. The van der Waals surface area contributed by atoms with Crippen LogP contribution in [0.15, 0.2) is 0 Å². The normalized spacial score (nSPS) is 28.5. The van der Waals surface area contributed by atoms with E-state index in [0.29, 0.717) is 6.61 Å². The Bertz CT molecular complexity index is 281. The number of hydrogen-bond acceptors (Lipinski definition) is 5. The van der Waals surface area contributed by atoms with E-state index in [1.165, 1.54) is 0 Å². The van der Waals surface area contributed by atoms with Crippen LogP contribution in [0.25, 0.3) is 0 Å². The van der Waals surface area contributed by atoms with Gasteiger partial charge in [-0.2, -0.15) is 4.31 Å². The van der Waals surface area contributed by atoms with Crippen LogP contribution >= 0.6 is 0 Å². The van der Waals surface area contributed by atoms with Gasteiger partial charge in [0, 0.05) is 19.7 Å². The molecule has 0 unspecified atom stereocenters. The fourth-order valence-electron chi connectivity index (χ4n) is 1.40. The van der Waals surface area contributed by atoms with Crippen LogP contribution < -0.4 is 0 Å². The molecule has 0 bridgehead atoms. The highest BCUT2D eigenvalue weighted by Crippen LogP contribution is 2.14. The van der Waals surface area contributed by atoms with Crippen molar-refractivity contribution in [3.05, 3.63) is 0 Å². The molecular formula is C8H17NO5S. The molecule has 1 saturated heterocycles. The minimum absolute atomic E-state index is 0.0321. The van der Waals surface area contributed by atoms with E-state index in [0.717, 1.165) is 4.31 Å². The van der Waals surface area contributed by atoms with Gasteiger partial charge in [-0.15, -0.1) is 0 Å². The molecule has 1 aliphatic heterocycles. The van der Waals surface area contributed by atoms with Crippen molar-refractivity contribution in [2.75, 3.05) is 32.1 Å². The summed E-state index contributed by atoms with van der Waals surface area (Å²) >= 11 is 0. The second-order valence-corrected chi connectivity index (χ2v) is 5.55. The zero-order valence-electron chi connectivity index (χ0n) is 8.66. The summed E-state index contributed by atoms with van der Waals surface area (Å²) in [7, 11) is -3.41. The lowest BCUT2D eigenvalue weighted by molar-refractivity contribution is 0.0572. The molecule has 1 rings (SSSR count). The maximum Gasteiger partial charge on any atom is 0.216 e. The lowest BCUT2D eigenvalue weighted by Gasteiger charge is -2.15. The Kier molecular flexibility index (Phi) is 4.47. The molecule has 6 nitrogen and oxygen atoms in total. The maximum atomic E-state index is 11.6. The topological polar surface area (TPSA) is 87.1 Å². The van der Waals surface area contributed by atoms with E-state index in [9.17, 15) is 18.6 Å². The molecule has 90 valence electrons. The lowest BCUT2D eigenvalue weighted by atomic mass is 10.3. The Morgan fingerprint density at radius 1 is 1.33 bits per heavy atom. The van der Waals surface area contributed by atoms with Crippen molar-refractivity contribution in [3.8, 4) is 0 Å². The van der Waals surface area contributed by atoms with Crippen LogP contribution in [0.1, 0.15) is 6.92 Å². The van der Waals surface area contributed by atoms with Crippen molar-refractivity contribution in [1.82, 2.24) is 4.31 Å².